The Balaban J connectivity index is 2.34. The average Bonchev–Trinajstić information content (AvgIpc) is 2.78. The van der Waals surface area contributed by atoms with Crippen LogP contribution in [0.2, 0.25) is 0 Å². The van der Waals surface area contributed by atoms with Gasteiger partial charge >= 0.3 is 0 Å². The average molecular weight is 216 g/mol. The Bertz CT molecular complexity index is 473. The molecule has 0 amide bonds. The lowest BCUT2D eigenvalue weighted by Crippen LogP contribution is -2.02. The van der Waals surface area contributed by atoms with Gasteiger partial charge in [-0.05, 0) is 24.1 Å². The quantitative estimate of drug-likeness (QED) is 0.851. The van der Waals surface area contributed by atoms with E-state index in [4.69, 9.17) is 5.73 Å². The molecule has 2 heterocycles. The van der Waals surface area contributed by atoms with Crippen LogP contribution in [-0.2, 0) is 6.54 Å². The fourth-order valence-electron chi connectivity index (χ4n) is 1.51. The molecule has 0 fully saturated rings. The van der Waals surface area contributed by atoms with Gasteiger partial charge in [0, 0.05) is 18.9 Å². The molecule has 0 bridgehead atoms. The highest BCUT2D eigenvalue weighted by Gasteiger charge is 2.05. The standard InChI is InChI=1S/C12H16N4/c1-9(2)12-4-6-16(15-12)11-3-5-14-10(7-11)8-13/h3-7,9H,8,13H2,1-2H3. The Morgan fingerprint density at radius 2 is 2.19 bits per heavy atom. The largest absolute Gasteiger partial charge is 0.325 e. The van der Waals surface area contributed by atoms with Crippen LogP contribution in [0.1, 0.15) is 31.2 Å². The smallest absolute Gasteiger partial charge is 0.0679 e. The van der Waals surface area contributed by atoms with E-state index >= 15 is 0 Å². The van der Waals surface area contributed by atoms with Gasteiger partial charge in [-0.25, -0.2) is 4.68 Å². The molecule has 0 aliphatic carbocycles. The summed E-state index contributed by atoms with van der Waals surface area (Å²) in [5.41, 5.74) is 8.52. The van der Waals surface area contributed by atoms with Crippen LogP contribution in [0.25, 0.3) is 5.69 Å². The maximum Gasteiger partial charge on any atom is 0.0679 e. The highest BCUT2D eigenvalue weighted by molar-refractivity contribution is 5.31. The van der Waals surface area contributed by atoms with Gasteiger partial charge in [-0.2, -0.15) is 5.10 Å². The highest BCUT2D eigenvalue weighted by atomic mass is 15.3. The van der Waals surface area contributed by atoms with E-state index in [2.05, 4.69) is 23.9 Å². The van der Waals surface area contributed by atoms with Crippen molar-refractivity contribution < 1.29 is 0 Å². The lowest BCUT2D eigenvalue weighted by atomic mass is 10.1. The van der Waals surface area contributed by atoms with E-state index < -0.39 is 0 Å². The molecule has 84 valence electrons. The van der Waals surface area contributed by atoms with Crippen LogP contribution in [-0.4, -0.2) is 14.8 Å². The minimum atomic E-state index is 0.442. The molecule has 0 aliphatic rings. The molecule has 2 aromatic rings. The van der Waals surface area contributed by atoms with Gasteiger partial charge in [-0.1, -0.05) is 13.8 Å². The second kappa shape index (κ2) is 4.45. The topological polar surface area (TPSA) is 56.7 Å². The van der Waals surface area contributed by atoms with Crippen LogP contribution in [0.3, 0.4) is 0 Å². The number of pyridine rings is 1. The fourth-order valence-corrected chi connectivity index (χ4v) is 1.51. The zero-order valence-corrected chi connectivity index (χ0v) is 9.59. The molecule has 0 unspecified atom stereocenters. The maximum absolute atomic E-state index is 5.56. The van der Waals surface area contributed by atoms with E-state index in [0.717, 1.165) is 17.1 Å². The highest BCUT2D eigenvalue weighted by Crippen LogP contribution is 2.14. The molecule has 0 aromatic carbocycles. The third kappa shape index (κ3) is 2.12. The van der Waals surface area contributed by atoms with E-state index in [0.29, 0.717) is 12.5 Å². The Morgan fingerprint density at radius 3 is 2.81 bits per heavy atom. The van der Waals surface area contributed by atoms with Crippen molar-refractivity contribution in [2.45, 2.75) is 26.3 Å². The van der Waals surface area contributed by atoms with Gasteiger partial charge in [-0.3, -0.25) is 4.98 Å². The van der Waals surface area contributed by atoms with Gasteiger partial charge < -0.3 is 5.73 Å². The van der Waals surface area contributed by atoms with Gasteiger partial charge in [0.15, 0.2) is 0 Å². The molecule has 0 radical (unpaired) electrons. The molecule has 4 nitrogen and oxygen atoms in total. The Labute approximate surface area is 95.1 Å². The minimum Gasteiger partial charge on any atom is -0.325 e. The molecule has 2 N–H and O–H groups in total. The predicted octanol–water partition coefficient (Wildman–Crippen LogP) is 1.85. The normalized spacial score (nSPS) is 11.0. The lowest BCUT2D eigenvalue weighted by Gasteiger charge is -2.03. The molecule has 0 saturated carbocycles. The second-order valence-electron chi connectivity index (χ2n) is 4.05. The van der Waals surface area contributed by atoms with Crippen LogP contribution in [0.5, 0.6) is 0 Å². The van der Waals surface area contributed by atoms with Crippen molar-refractivity contribution in [3.05, 3.63) is 42.0 Å². The molecule has 0 atom stereocenters. The number of nitrogens with zero attached hydrogens (tertiary/aromatic N) is 3. The van der Waals surface area contributed by atoms with Crippen LogP contribution in [0.15, 0.2) is 30.6 Å². The van der Waals surface area contributed by atoms with E-state index in [1.54, 1.807) is 6.20 Å². The third-order valence-electron chi connectivity index (χ3n) is 2.48. The second-order valence-corrected chi connectivity index (χ2v) is 4.05. The summed E-state index contributed by atoms with van der Waals surface area (Å²) in [6, 6.07) is 5.92. The SMILES string of the molecule is CC(C)c1ccn(-c2ccnc(CN)c2)n1. The predicted molar refractivity (Wildman–Crippen MR) is 63.3 cm³/mol. The Hall–Kier alpha value is -1.68. The van der Waals surface area contributed by atoms with E-state index in [9.17, 15) is 0 Å². The molecular formula is C12H16N4. The molecule has 0 spiro atoms. The summed E-state index contributed by atoms with van der Waals surface area (Å²) in [6.07, 6.45) is 3.72. The van der Waals surface area contributed by atoms with E-state index in [1.807, 2.05) is 29.1 Å². The van der Waals surface area contributed by atoms with Gasteiger partial charge in [0.05, 0.1) is 17.1 Å². The first kappa shape index (κ1) is 10.8. The Morgan fingerprint density at radius 1 is 1.38 bits per heavy atom. The minimum absolute atomic E-state index is 0.442. The number of aromatic nitrogens is 3. The van der Waals surface area contributed by atoms with Crippen molar-refractivity contribution >= 4 is 0 Å². The molecule has 16 heavy (non-hydrogen) atoms. The van der Waals surface area contributed by atoms with Crippen molar-refractivity contribution in [2.24, 2.45) is 5.73 Å². The summed E-state index contributed by atoms with van der Waals surface area (Å²) < 4.78 is 1.86. The summed E-state index contributed by atoms with van der Waals surface area (Å²) >= 11 is 0. The van der Waals surface area contributed by atoms with Crippen molar-refractivity contribution in [3.8, 4) is 5.69 Å². The van der Waals surface area contributed by atoms with Crippen molar-refractivity contribution in [2.75, 3.05) is 0 Å². The van der Waals surface area contributed by atoms with Crippen LogP contribution >= 0.6 is 0 Å². The number of hydrogen-bond acceptors (Lipinski definition) is 3. The van der Waals surface area contributed by atoms with Gasteiger partial charge in [0.25, 0.3) is 0 Å². The monoisotopic (exact) mass is 216 g/mol. The number of nitrogens with two attached hydrogens (primary N) is 1. The zero-order chi connectivity index (χ0) is 11.5. The first-order valence-corrected chi connectivity index (χ1v) is 5.41. The summed E-state index contributed by atoms with van der Waals surface area (Å²) in [4.78, 5) is 4.16. The van der Waals surface area contributed by atoms with Gasteiger partial charge in [0.2, 0.25) is 0 Å². The van der Waals surface area contributed by atoms with Crippen LogP contribution in [0.4, 0.5) is 0 Å². The molecule has 4 heteroatoms. The third-order valence-corrected chi connectivity index (χ3v) is 2.48. The van der Waals surface area contributed by atoms with Crippen molar-refractivity contribution in [1.29, 1.82) is 0 Å². The van der Waals surface area contributed by atoms with Crippen molar-refractivity contribution in [3.63, 3.8) is 0 Å². The maximum atomic E-state index is 5.56. The summed E-state index contributed by atoms with van der Waals surface area (Å²) in [7, 11) is 0. The number of hydrogen-bond donors (Lipinski definition) is 1. The van der Waals surface area contributed by atoms with Crippen molar-refractivity contribution in [1.82, 2.24) is 14.8 Å². The molecule has 0 saturated heterocycles. The zero-order valence-electron chi connectivity index (χ0n) is 9.59. The summed E-state index contributed by atoms with van der Waals surface area (Å²) in [6.45, 7) is 4.71. The summed E-state index contributed by atoms with van der Waals surface area (Å²) in [5.74, 6) is 0.442. The molecular weight excluding hydrogens is 200 g/mol. The van der Waals surface area contributed by atoms with Crippen LogP contribution < -0.4 is 5.73 Å². The molecule has 0 aliphatic heterocycles. The lowest BCUT2D eigenvalue weighted by molar-refractivity contribution is 0.766. The first-order chi connectivity index (χ1) is 7.70. The van der Waals surface area contributed by atoms with Gasteiger partial charge in [-0.15, -0.1) is 0 Å². The van der Waals surface area contributed by atoms with Gasteiger partial charge in [0.1, 0.15) is 0 Å². The first-order valence-electron chi connectivity index (χ1n) is 5.41. The fraction of sp³-hybridized carbons (Fsp3) is 0.333. The molecule has 2 rings (SSSR count). The van der Waals surface area contributed by atoms with E-state index in [-0.39, 0.29) is 0 Å². The van der Waals surface area contributed by atoms with E-state index in [1.165, 1.54) is 0 Å². The molecule has 2 aromatic heterocycles. The number of rotatable bonds is 3. The Kier molecular flexibility index (Phi) is 3.01. The van der Waals surface area contributed by atoms with Crippen LogP contribution in [0, 0.1) is 0 Å². The summed E-state index contributed by atoms with van der Waals surface area (Å²) in [5, 5.41) is 4.50.